The molecule has 0 aromatic heterocycles. The van der Waals surface area contributed by atoms with E-state index in [1.54, 1.807) is 42.7 Å². The van der Waals surface area contributed by atoms with Crippen LogP contribution in [-0.4, -0.2) is 42.7 Å². The molecular formula is C28H34O6. The molecule has 182 valence electrons. The van der Waals surface area contributed by atoms with Crippen LogP contribution in [0.5, 0.6) is 34.5 Å². The molecule has 0 heterocycles. The van der Waals surface area contributed by atoms with Gasteiger partial charge < -0.3 is 28.4 Å². The Morgan fingerprint density at radius 2 is 0.735 bits per heavy atom. The minimum absolute atomic E-state index is 0.783. The predicted molar refractivity (Wildman–Crippen MR) is 133 cm³/mol. The Morgan fingerprint density at radius 3 is 1.03 bits per heavy atom. The lowest BCUT2D eigenvalue weighted by Gasteiger charge is -2.16. The zero-order chi connectivity index (χ0) is 24.5. The highest BCUT2D eigenvalue weighted by Gasteiger charge is 2.13. The van der Waals surface area contributed by atoms with Gasteiger partial charge >= 0.3 is 0 Å². The molecule has 0 fully saturated rings. The fraction of sp³-hybridized carbons (Fsp3) is 0.357. The molecule has 6 nitrogen and oxygen atoms in total. The summed E-state index contributed by atoms with van der Waals surface area (Å²) < 4.78 is 33.0. The van der Waals surface area contributed by atoms with Crippen molar-refractivity contribution in [3.8, 4) is 34.5 Å². The molecule has 6 heteroatoms. The average molecular weight is 467 g/mol. The normalized spacial score (nSPS) is 10.5. The van der Waals surface area contributed by atoms with Gasteiger partial charge in [-0.25, -0.2) is 0 Å². The Hall–Kier alpha value is -3.54. The van der Waals surface area contributed by atoms with Crippen LogP contribution in [0.3, 0.4) is 0 Å². The maximum absolute atomic E-state index is 5.68. The number of rotatable bonds is 12. The van der Waals surface area contributed by atoms with Crippen molar-refractivity contribution < 1.29 is 28.4 Å². The number of hydrogen-bond donors (Lipinski definition) is 0. The van der Waals surface area contributed by atoms with Crippen LogP contribution in [0, 0.1) is 0 Å². The van der Waals surface area contributed by atoms with Crippen LogP contribution >= 0.6 is 0 Å². The van der Waals surface area contributed by atoms with Gasteiger partial charge in [-0.1, -0.05) is 0 Å². The summed E-state index contributed by atoms with van der Waals surface area (Å²) in [5, 5.41) is 0. The second kappa shape index (κ2) is 12.1. The second-order valence-corrected chi connectivity index (χ2v) is 7.92. The maximum Gasteiger partial charge on any atom is 0.125 e. The number of hydrogen-bond acceptors (Lipinski definition) is 6. The van der Waals surface area contributed by atoms with Crippen LogP contribution in [0.4, 0.5) is 0 Å². The van der Waals surface area contributed by atoms with Crippen molar-refractivity contribution in [1.82, 2.24) is 0 Å². The van der Waals surface area contributed by atoms with Crippen LogP contribution in [0.2, 0.25) is 0 Å². The third-order valence-corrected chi connectivity index (χ3v) is 5.87. The highest BCUT2D eigenvalue weighted by Crippen LogP contribution is 2.32. The molecule has 3 rings (SSSR count). The average Bonchev–Trinajstić information content (AvgIpc) is 2.89. The van der Waals surface area contributed by atoms with Gasteiger partial charge in [0.15, 0.2) is 0 Å². The van der Waals surface area contributed by atoms with Crippen molar-refractivity contribution in [3.63, 3.8) is 0 Å². The molecule has 34 heavy (non-hydrogen) atoms. The lowest BCUT2D eigenvalue weighted by Crippen LogP contribution is -2.02. The van der Waals surface area contributed by atoms with E-state index in [9.17, 15) is 0 Å². The monoisotopic (exact) mass is 466 g/mol. The second-order valence-electron chi connectivity index (χ2n) is 7.92. The van der Waals surface area contributed by atoms with Gasteiger partial charge in [0.1, 0.15) is 34.5 Å². The van der Waals surface area contributed by atoms with Gasteiger partial charge in [0.05, 0.1) is 42.7 Å². The fourth-order valence-corrected chi connectivity index (χ4v) is 4.01. The Bertz CT molecular complexity index is 965. The molecule has 0 saturated heterocycles. The van der Waals surface area contributed by atoms with Crippen molar-refractivity contribution in [2.45, 2.75) is 25.7 Å². The van der Waals surface area contributed by atoms with Crippen LogP contribution in [0.15, 0.2) is 48.5 Å². The highest BCUT2D eigenvalue weighted by atomic mass is 16.5. The summed E-state index contributed by atoms with van der Waals surface area (Å²) in [7, 11) is 10.0. The molecule has 0 aliphatic heterocycles. The number of aryl methyl sites for hydroxylation is 4. The van der Waals surface area contributed by atoms with Crippen molar-refractivity contribution in [1.29, 1.82) is 0 Å². The third kappa shape index (κ3) is 6.28. The SMILES string of the molecule is COc1cc(CCc2cc(CCc3cc(OC)cc(OC)c3)c(OC)cc2OC)cc(OC)c1. The molecule has 0 aliphatic carbocycles. The van der Waals surface area contributed by atoms with E-state index in [1.165, 1.54) is 0 Å². The summed E-state index contributed by atoms with van der Waals surface area (Å²) in [5.74, 6) is 4.77. The van der Waals surface area contributed by atoms with Crippen LogP contribution in [0.1, 0.15) is 22.3 Å². The molecule has 3 aromatic carbocycles. The summed E-state index contributed by atoms with van der Waals surface area (Å²) in [4.78, 5) is 0. The van der Waals surface area contributed by atoms with E-state index in [4.69, 9.17) is 28.4 Å². The Labute approximate surface area is 202 Å². The molecular weight excluding hydrogens is 432 g/mol. The first-order valence-corrected chi connectivity index (χ1v) is 11.2. The molecule has 0 bridgehead atoms. The van der Waals surface area contributed by atoms with Gasteiger partial charge in [0, 0.05) is 18.2 Å². The van der Waals surface area contributed by atoms with Crippen molar-refractivity contribution in [2.75, 3.05) is 42.7 Å². The van der Waals surface area contributed by atoms with Gasteiger partial charge in [0.2, 0.25) is 0 Å². The van der Waals surface area contributed by atoms with Gasteiger partial charge in [-0.05, 0) is 78.3 Å². The van der Waals surface area contributed by atoms with E-state index in [-0.39, 0.29) is 0 Å². The summed E-state index contributed by atoms with van der Waals surface area (Å²) in [5.41, 5.74) is 4.53. The topological polar surface area (TPSA) is 55.4 Å². The Balaban J connectivity index is 1.83. The van der Waals surface area contributed by atoms with Crippen LogP contribution < -0.4 is 28.4 Å². The van der Waals surface area contributed by atoms with E-state index >= 15 is 0 Å². The summed E-state index contributed by atoms with van der Waals surface area (Å²) >= 11 is 0. The maximum atomic E-state index is 5.68. The smallest absolute Gasteiger partial charge is 0.125 e. The fourth-order valence-electron chi connectivity index (χ4n) is 4.01. The molecule has 0 atom stereocenters. The molecule has 0 spiro atoms. The van der Waals surface area contributed by atoms with E-state index in [1.807, 2.05) is 42.5 Å². The number of methoxy groups -OCH3 is 6. The molecule has 0 radical (unpaired) electrons. The Kier molecular flexibility index (Phi) is 8.91. The molecule has 0 amide bonds. The first-order chi connectivity index (χ1) is 16.5. The summed E-state index contributed by atoms with van der Waals surface area (Å²) in [6.07, 6.45) is 3.26. The zero-order valence-electron chi connectivity index (χ0n) is 20.9. The van der Waals surface area contributed by atoms with E-state index < -0.39 is 0 Å². The van der Waals surface area contributed by atoms with Gasteiger partial charge in [-0.3, -0.25) is 0 Å². The zero-order valence-corrected chi connectivity index (χ0v) is 20.9. The van der Waals surface area contributed by atoms with E-state index in [0.717, 1.165) is 82.4 Å². The minimum Gasteiger partial charge on any atom is -0.497 e. The minimum atomic E-state index is 0.783. The molecule has 3 aromatic rings. The summed E-state index contributed by atoms with van der Waals surface area (Å²) in [6.45, 7) is 0. The molecule has 0 aliphatic rings. The number of ether oxygens (including phenoxy) is 6. The van der Waals surface area contributed by atoms with E-state index in [0.29, 0.717) is 0 Å². The van der Waals surface area contributed by atoms with E-state index in [2.05, 4.69) is 6.07 Å². The van der Waals surface area contributed by atoms with Gasteiger partial charge in [-0.15, -0.1) is 0 Å². The molecule has 0 unspecified atom stereocenters. The van der Waals surface area contributed by atoms with Crippen molar-refractivity contribution >= 4 is 0 Å². The van der Waals surface area contributed by atoms with Gasteiger partial charge in [-0.2, -0.15) is 0 Å². The largest absolute Gasteiger partial charge is 0.497 e. The van der Waals surface area contributed by atoms with Crippen molar-refractivity contribution in [3.05, 3.63) is 70.8 Å². The quantitative estimate of drug-likeness (QED) is 0.361. The van der Waals surface area contributed by atoms with Gasteiger partial charge in [0.25, 0.3) is 0 Å². The highest BCUT2D eigenvalue weighted by molar-refractivity contribution is 5.48. The lowest BCUT2D eigenvalue weighted by atomic mass is 9.97. The first kappa shape index (κ1) is 25.1. The van der Waals surface area contributed by atoms with Crippen LogP contribution in [0.25, 0.3) is 0 Å². The summed E-state index contributed by atoms with van der Waals surface area (Å²) in [6, 6.07) is 16.1. The molecule has 0 saturated carbocycles. The third-order valence-electron chi connectivity index (χ3n) is 5.87. The van der Waals surface area contributed by atoms with Crippen LogP contribution in [-0.2, 0) is 25.7 Å². The Morgan fingerprint density at radius 1 is 0.382 bits per heavy atom. The standard InChI is InChI=1S/C28H34O6/c1-29-23-11-19(12-24(16-23)30-2)7-9-21-15-22(28(34-6)18-27(21)33-5)10-8-20-13-25(31-3)17-26(14-20)32-4/h11-18H,7-10H2,1-6H3. The van der Waals surface area contributed by atoms with Crippen molar-refractivity contribution in [2.24, 2.45) is 0 Å². The predicted octanol–water partition coefficient (Wildman–Crippen LogP) is 5.31. The first-order valence-electron chi connectivity index (χ1n) is 11.2. The molecule has 0 N–H and O–H groups in total. The number of benzene rings is 3. The lowest BCUT2D eigenvalue weighted by molar-refractivity contribution is 0.387.